The van der Waals surface area contributed by atoms with E-state index in [4.69, 9.17) is 0 Å². The van der Waals surface area contributed by atoms with Crippen LogP contribution in [0.1, 0.15) is 5.69 Å². The summed E-state index contributed by atoms with van der Waals surface area (Å²) in [5.74, 6) is -0.0766. The molecule has 0 aliphatic heterocycles. The first-order chi connectivity index (χ1) is 9.00. The number of phenolic OH excluding ortho intramolecular Hbond substituents is 1. The van der Waals surface area contributed by atoms with Crippen molar-refractivity contribution in [1.82, 2.24) is 9.29 Å². The summed E-state index contributed by atoms with van der Waals surface area (Å²) in [7, 11) is -2.15. The number of nitrogens with zero attached hydrogens (tertiary/aromatic N) is 2. The Kier molecular flexibility index (Phi) is 3.82. The lowest BCUT2D eigenvalue weighted by Gasteiger charge is -2.16. The fourth-order valence-electron chi connectivity index (χ4n) is 1.63. The fourth-order valence-corrected chi connectivity index (χ4v) is 2.81. The Bertz CT molecular complexity index is 657. The summed E-state index contributed by atoms with van der Waals surface area (Å²) in [5.41, 5.74) is 0.661. The Hall–Kier alpha value is -1.92. The molecule has 0 atom stereocenters. The highest BCUT2D eigenvalue weighted by Gasteiger charge is 2.21. The standard InChI is InChI=1S/C13H14N2O3S/c1-15(10-11-5-2-3-8-14-11)19(17,18)13-7-4-6-12(16)9-13/h2-9,16H,10H2,1H3. The number of rotatable bonds is 4. The largest absolute Gasteiger partial charge is 0.508 e. The first kappa shape index (κ1) is 13.5. The monoisotopic (exact) mass is 278 g/mol. The summed E-state index contributed by atoms with van der Waals surface area (Å²) in [5, 5.41) is 9.35. The molecule has 1 aromatic heterocycles. The molecular formula is C13H14N2O3S. The molecule has 0 saturated carbocycles. The normalized spacial score (nSPS) is 11.7. The minimum absolute atomic E-state index is 0.0610. The SMILES string of the molecule is CN(Cc1ccccn1)S(=O)(=O)c1cccc(O)c1. The van der Waals surface area contributed by atoms with Crippen molar-refractivity contribution < 1.29 is 13.5 Å². The van der Waals surface area contributed by atoms with Crippen LogP contribution >= 0.6 is 0 Å². The van der Waals surface area contributed by atoms with Crippen LogP contribution in [0.4, 0.5) is 0 Å². The van der Waals surface area contributed by atoms with Crippen LogP contribution in [0.2, 0.25) is 0 Å². The Morgan fingerprint density at radius 3 is 2.63 bits per heavy atom. The van der Waals surface area contributed by atoms with Crippen LogP contribution in [0.3, 0.4) is 0 Å². The zero-order valence-corrected chi connectivity index (χ0v) is 11.2. The molecular weight excluding hydrogens is 264 g/mol. The van der Waals surface area contributed by atoms with Gasteiger partial charge in [-0.3, -0.25) is 4.98 Å². The van der Waals surface area contributed by atoms with E-state index in [9.17, 15) is 13.5 Å². The quantitative estimate of drug-likeness (QED) is 0.922. The van der Waals surface area contributed by atoms with Gasteiger partial charge in [-0.15, -0.1) is 0 Å². The van der Waals surface area contributed by atoms with Crippen molar-refractivity contribution in [2.24, 2.45) is 0 Å². The molecule has 100 valence electrons. The van der Waals surface area contributed by atoms with Gasteiger partial charge < -0.3 is 5.11 Å². The number of aromatic nitrogens is 1. The minimum Gasteiger partial charge on any atom is -0.508 e. The van der Waals surface area contributed by atoms with E-state index in [0.717, 1.165) is 0 Å². The molecule has 0 unspecified atom stereocenters. The number of sulfonamides is 1. The number of hydrogen-bond donors (Lipinski definition) is 1. The maximum atomic E-state index is 12.3. The van der Waals surface area contributed by atoms with Crippen molar-refractivity contribution in [3.05, 3.63) is 54.4 Å². The number of benzene rings is 1. The highest BCUT2D eigenvalue weighted by atomic mass is 32.2. The molecule has 1 heterocycles. The fraction of sp³-hybridized carbons (Fsp3) is 0.154. The summed E-state index contributed by atoms with van der Waals surface area (Å²) < 4.78 is 25.8. The van der Waals surface area contributed by atoms with Crippen molar-refractivity contribution in [3.8, 4) is 5.75 Å². The van der Waals surface area contributed by atoms with Crippen molar-refractivity contribution >= 4 is 10.0 Å². The molecule has 5 nitrogen and oxygen atoms in total. The Morgan fingerprint density at radius 1 is 1.21 bits per heavy atom. The van der Waals surface area contributed by atoms with Gasteiger partial charge in [-0.1, -0.05) is 12.1 Å². The summed E-state index contributed by atoms with van der Waals surface area (Å²) in [6.07, 6.45) is 1.62. The third-order valence-corrected chi connectivity index (χ3v) is 4.44. The smallest absolute Gasteiger partial charge is 0.243 e. The van der Waals surface area contributed by atoms with Crippen molar-refractivity contribution in [2.45, 2.75) is 11.4 Å². The van der Waals surface area contributed by atoms with E-state index < -0.39 is 10.0 Å². The first-order valence-electron chi connectivity index (χ1n) is 5.65. The van der Waals surface area contributed by atoms with E-state index in [1.54, 1.807) is 24.4 Å². The second-order valence-electron chi connectivity index (χ2n) is 4.08. The molecule has 2 aromatic rings. The molecule has 0 aliphatic rings. The van der Waals surface area contributed by atoms with Crippen LogP contribution < -0.4 is 0 Å². The lowest BCUT2D eigenvalue weighted by atomic mass is 10.3. The molecule has 0 bridgehead atoms. The average Bonchev–Trinajstić information content (AvgIpc) is 2.40. The Morgan fingerprint density at radius 2 is 2.00 bits per heavy atom. The maximum absolute atomic E-state index is 12.3. The zero-order valence-electron chi connectivity index (χ0n) is 10.4. The third-order valence-electron chi connectivity index (χ3n) is 2.64. The van der Waals surface area contributed by atoms with Gasteiger partial charge in [-0.25, -0.2) is 8.42 Å². The molecule has 1 aromatic carbocycles. The Balaban J connectivity index is 2.25. The highest BCUT2D eigenvalue weighted by molar-refractivity contribution is 7.89. The minimum atomic E-state index is -3.63. The van der Waals surface area contributed by atoms with E-state index >= 15 is 0 Å². The summed E-state index contributed by atoms with van der Waals surface area (Å²) in [6, 6.07) is 10.9. The van der Waals surface area contributed by atoms with Gasteiger partial charge in [0.2, 0.25) is 10.0 Å². The van der Waals surface area contributed by atoms with E-state index in [-0.39, 0.29) is 17.2 Å². The molecule has 2 rings (SSSR count). The van der Waals surface area contributed by atoms with Crippen molar-refractivity contribution in [1.29, 1.82) is 0 Å². The molecule has 19 heavy (non-hydrogen) atoms. The highest BCUT2D eigenvalue weighted by Crippen LogP contribution is 2.20. The van der Waals surface area contributed by atoms with Gasteiger partial charge in [0, 0.05) is 13.2 Å². The van der Waals surface area contributed by atoms with Gasteiger partial charge in [-0.05, 0) is 30.3 Å². The average molecular weight is 278 g/mol. The van der Waals surface area contributed by atoms with Crippen LogP contribution in [0.25, 0.3) is 0 Å². The predicted molar refractivity (Wildman–Crippen MR) is 71.0 cm³/mol. The number of aromatic hydroxyl groups is 1. The van der Waals surface area contributed by atoms with Crippen LogP contribution in [-0.2, 0) is 16.6 Å². The van der Waals surface area contributed by atoms with E-state index in [2.05, 4.69) is 4.98 Å². The Labute approximate surface area is 112 Å². The topological polar surface area (TPSA) is 70.5 Å². The summed E-state index contributed by atoms with van der Waals surface area (Å²) in [4.78, 5) is 4.15. The molecule has 0 amide bonds. The van der Waals surface area contributed by atoms with Crippen molar-refractivity contribution in [2.75, 3.05) is 7.05 Å². The number of hydrogen-bond acceptors (Lipinski definition) is 4. The van der Waals surface area contributed by atoms with E-state index in [0.29, 0.717) is 5.69 Å². The molecule has 0 saturated heterocycles. The molecule has 0 spiro atoms. The van der Waals surface area contributed by atoms with E-state index in [1.165, 1.54) is 35.6 Å². The molecule has 0 aliphatic carbocycles. The number of phenols is 1. The van der Waals surface area contributed by atoms with Gasteiger partial charge in [0.25, 0.3) is 0 Å². The second kappa shape index (κ2) is 5.38. The van der Waals surface area contributed by atoms with Crippen LogP contribution in [0.15, 0.2) is 53.6 Å². The van der Waals surface area contributed by atoms with Gasteiger partial charge in [-0.2, -0.15) is 4.31 Å². The van der Waals surface area contributed by atoms with Gasteiger partial charge in [0.05, 0.1) is 17.1 Å². The lowest BCUT2D eigenvalue weighted by Crippen LogP contribution is -2.26. The van der Waals surface area contributed by atoms with Crippen LogP contribution in [0, 0.1) is 0 Å². The van der Waals surface area contributed by atoms with Crippen LogP contribution in [0.5, 0.6) is 5.75 Å². The predicted octanol–water partition coefficient (Wildman–Crippen LogP) is 1.61. The number of pyridine rings is 1. The summed E-state index contributed by atoms with van der Waals surface area (Å²) >= 11 is 0. The first-order valence-corrected chi connectivity index (χ1v) is 7.09. The van der Waals surface area contributed by atoms with Gasteiger partial charge in [0.1, 0.15) is 5.75 Å². The van der Waals surface area contributed by atoms with E-state index in [1.807, 2.05) is 0 Å². The lowest BCUT2D eigenvalue weighted by molar-refractivity contribution is 0.457. The van der Waals surface area contributed by atoms with Crippen molar-refractivity contribution in [3.63, 3.8) is 0 Å². The van der Waals surface area contributed by atoms with Crippen LogP contribution in [-0.4, -0.2) is 29.9 Å². The van der Waals surface area contributed by atoms with Gasteiger partial charge >= 0.3 is 0 Å². The molecule has 0 fully saturated rings. The maximum Gasteiger partial charge on any atom is 0.243 e. The molecule has 1 N–H and O–H groups in total. The second-order valence-corrected chi connectivity index (χ2v) is 6.12. The molecule has 6 heteroatoms. The summed E-state index contributed by atoms with van der Waals surface area (Å²) in [6.45, 7) is 0.179. The molecule has 0 radical (unpaired) electrons. The zero-order chi connectivity index (χ0) is 13.9. The van der Waals surface area contributed by atoms with Gasteiger partial charge in [0.15, 0.2) is 0 Å². The third kappa shape index (κ3) is 3.10.